The Hall–Kier alpha value is -7.78. The fourth-order valence-corrected chi connectivity index (χ4v) is 14.4. The number of nitrogens with zero attached hydrogens (tertiary/aromatic N) is 1. The van der Waals surface area contributed by atoms with Gasteiger partial charge in [-0.3, -0.25) is 0 Å². The topological polar surface area (TPSA) is 4.93 Å². The van der Waals surface area contributed by atoms with Gasteiger partial charge in [-0.2, -0.15) is 0 Å². The van der Waals surface area contributed by atoms with Crippen LogP contribution in [0.15, 0.2) is 218 Å². The monoisotopic (exact) mass is 869 g/mol. The number of para-hydroxylation sites is 3. The summed E-state index contributed by atoms with van der Waals surface area (Å²) in [5.74, 6) is -0.0433. The van der Waals surface area contributed by atoms with E-state index >= 15 is 0 Å². The van der Waals surface area contributed by atoms with Crippen molar-refractivity contribution in [1.82, 2.24) is 4.57 Å². The van der Waals surface area contributed by atoms with Gasteiger partial charge in [-0.25, -0.2) is 0 Å². The first-order valence-electron chi connectivity index (χ1n) is 23.6. The lowest BCUT2D eigenvalue weighted by molar-refractivity contribution is 0.659. The maximum Gasteiger partial charge on any atom is 0.0754 e. The van der Waals surface area contributed by atoms with Gasteiger partial charge in [0.2, 0.25) is 0 Å². The van der Waals surface area contributed by atoms with Crippen LogP contribution >= 0.6 is 11.3 Å². The van der Waals surface area contributed by atoms with E-state index in [1.165, 1.54) is 131 Å². The molecule has 0 N–H and O–H groups in total. The maximum absolute atomic E-state index is 2.55. The minimum absolute atomic E-state index is 0.0433. The summed E-state index contributed by atoms with van der Waals surface area (Å²) in [4.78, 5) is 0. The van der Waals surface area contributed by atoms with Crippen molar-refractivity contribution >= 4 is 53.3 Å². The molecule has 0 bridgehead atoms. The van der Waals surface area contributed by atoms with E-state index in [1.807, 2.05) is 11.3 Å². The minimum atomic E-state index is -0.526. The highest BCUT2D eigenvalue weighted by molar-refractivity contribution is 7.26. The second kappa shape index (κ2) is 13.4. The van der Waals surface area contributed by atoms with Crippen LogP contribution in [-0.4, -0.2) is 4.57 Å². The smallest absolute Gasteiger partial charge is 0.0754 e. The van der Waals surface area contributed by atoms with Gasteiger partial charge in [0.1, 0.15) is 0 Å². The van der Waals surface area contributed by atoms with E-state index in [0.717, 1.165) is 0 Å². The maximum atomic E-state index is 2.55. The fourth-order valence-electron chi connectivity index (χ4n) is 13.2. The van der Waals surface area contributed by atoms with E-state index in [0.29, 0.717) is 0 Å². The van der Waals surface area contributed by atoms with Crippen LogP contribution in [0.25, 0.3) is 81.0 Å². The van der Waals surface area contributed by atoms with Gasteiger partial charge in [0.25, 0.3) is 0 Å². The number of aromatic nitrogens is 1. The highest BCUT2D eigenvalue weighted by atomic mass is 32.1. The average molecular weight is 870 g/mol. The Bertz CT molecular complexity index is 4080. The molecular formula is C65H43NS. The number of fused-ring (bicyclic) bond motifs is 18. The summed E-state index contributed by atoms with van der Waals surface area (Å²) in [6.45, 7) is 4.81. The van der Waals surface area contributed by atoms with E-state index in [2.05, 4.69) is 237 Å². The first-order chi connectivity index (χ1) is 33.0. The number of hydrogen-bond acceptors (Lipinski definition) is 1. The normalized spacial score (nSPS) is 16.3. The summed E-state index contributed by atoms with van der Waals surface area (Å²) >= 11 is 1.90. The third kappa shape index (κ3) is 4.78. The quantitative estimate of drug-likeness (QED) is 0.155. The lowest BCUT2D eigenvalue weighted by atomic mass is 9.65. The predicted molar refractivity (Wildman–Crippen MR) is 281 cm³/mol. The van der Waals surface area contributed by atoms with Crippen molar-refractivity contribution in [3.8, 4) is 39.1 Å². The second-order valence-electron chi connectivity index (χ2n) is 19.4. The number of thiophene rings is 1. The minimum Gasteiger partial charge on any atom is -0.309 e. The van der Waals surface area contributed by atoms with Gasteiger partial charge in [-0.15, -0.1) is 11.3 Å². The second-order valence-corrected chi connectivity index (χ2v) is 20.5. The number of hydrogen-bond donors (Lipinski definition) is 0. The molecule has 1 spiro atoms. The molecule has 1 nitrogen and oxygen atoms in total. The summed E-state index contributed by atoms with van der Waals surface area (Å²) in [6, 6.07) is 83.4. The van der Waals surface area contributed by atoms with Crippen LogP contribution < -0.4 is 0 Å². The van der Waals surface area contributed by atoms with Crippen molar-refractivity contribution in [2.24, 2.45) is 0 Å². The third-order valence-corrected chi connectivity index (χ3v) is 17.2. The van der Waals surface area contributed by atoms with Crippen LogP contribution in [0.3, 0.4) is 0 Å². The van der Waals surface area contributed by atoms with E-state index in [4.69, 9.17) is 0 Å². The van der Waals surface area contributed by atoms with Crippen molar-refractivity contribution in [3.05, 3.63) is 268 Å². The van der Waals surface area contributed by atoms with Crippen molar-refractivity contribution < 1.29 is 0 Å². The molecule has 10 aromatic carbocycles. The Balaban J connectivity index is 0.996. The Morgan fingerprint density at radius 1 is 0.418 bits per heavy atom. The number of rotatable bonds is 4. The fraction of sp³-hybridized carbons (Fsp3) is 0.0769. The lowest BCUT2D eigenvalue weighted by Crippen LogP contribution is -2.33. The molecule has 314 valence electrons. The highest BCUT2D eigenvalue weighted by Gasteiger charge is 2.51. The average Bonchev–Trinajstić information content (AvgIpc) is 4.09. The molecule has 3 heterocycles. The zero-order valence-electron chi connectivity index (χ0n) is 37.2. The lowest BCUT2D eigenvalue weighted by Gasteiger charge is -2.39. The Kier molecular flexibility index (Phi) is 7.49. The van der Waals surface area contributed by atoms with Crippen LogP contribution in [0.4, 0.5) is 0 Å². The van der Waals surface area contributed by atoms with E-state index in [9.17, 15) is 0 Å². The van der Waals surface area contributed by atoms with Crippen LogP contribution in [0.1, 0.15) is 69.8 Å². The van der Waals surface area contributed by atoms with E-state index in [1.54, 1.807) is 0 Å². The van der Waals surface area contributed by atoms with Gasteiger partial charge in [-0.05, 0) is 102 Å². The Labute approximate surface area is 393 Å². The zero-order chi connectivity index (χ0) is 44.2. The van der Waals surface area contributed by atoms with Gasteiger partial charge < -0.3 is 4.57 Å². The Morgan fingerprint density at radius 2 is 1.03 bits per heavy atom. The molecule has 2 aliphatic carbocycles. The molecule has 1 aliphatic heterocycles. The van der Waals surface area contributed by atoms with Crippen LogP contribution in [0.5, 0.6) is 0 Å². The van der Waals surface area contributed by atoms with Crippen molar-refractivity contribution in [1.29, 1.82) is 0 Å². The van der Waals surface area contributed by atoms with Gasteiger partial charge in [0.05, 0.1) is 22.1 Å². The summed E-state index contributed by atoms with van der Waals surface area (Å²) in [6.07, 6.45) is 0. The molecule has 2 atom stereocenters. The predicted octanol–water partition coefficient (Wildman–Crippen LogP) is 17.0. The van der Waals surface area contributed by atoms with E-state index in [-0.39, 0.29) is 11.3 Å². The summed E-state index contributed by atoms with van der Waals surface area (Å²) in [5, 5.41) is 5.25. The van der Waals surface area contributed by atoms with Crippen LogP contribution in [0, 0.1) is 0 Å². The Morgan fingerprint density at radius 3 is 1.91 bits per heavy atom. The molecule has 3 aliphatic rings. The molecule has 0 amide bonds. The largest absolute Gasteiger partial charge is 0.309 e. The van der Waals surface area contributed by atoms with Gasteiger partial charge in [0.15, 0.2) is 0 Å². The molecule has 2 heteroatoms. The van der Waals surface area contributed by atoms with Gasteiger partial charge in [-0.1, -0.05) is 214 Å². The summed E-state index contributed by atoms with van der Waals surface area (Å²) in [5.41, 5.74) is 23.2. The molecule has 67 heavy (non-hydrogen) atoms. The number of benzene rings is 10. The molecule has 0 saturated carbocycles. The molecular weight excluding hydrogens is 827 g/mol. The summed E-state index contributed by atoms with van der Waals surface area (Å²) in [7, 11) is 0. The molecule has 2 unspecified atom stereocenters. The van der Waals surface area contributed by atoms with Crippen LogP contribution in [-0.2, 0) is 10.8 Å². The first-order valence-corrected chi connectivity index (χ1v) is 24.4. The van der Waals surface area contributed by atoms with Crippen molar-refractivity contribution in [2.45, 2.75) is 30.6 Å². The molecule has 0 fully saturated rings. The SMILES string of the molecule is CC1(C)c2ccccc2-c2ccc(C(c3ccc(-c4cccc5c4sc4ccccc45)cc3)c3cccc4c3-c3ccccc3C43c4ccccc4-n4c5ccccc5c5cccc3c54)cc21. The standard InChI is InChI=1S/C65H43NS/c1-64(2)51-24-7-3-16-43(51)44-37-36-41(38-56(44)64)60(40-34-32-39(33-35-40)42-20-13-22-48-46-18-6-12-31-59(46)67-63(42)48)50-23-15-27-54-61(50)49-19-4-8-25-52(49)65(54)53-26-9-11-30-58(53)66-57-29-10-5-17-45(57)47-21-14-28-55(65)62(47)66/h3-38,60H,1-2H3. The van der Waals surface area contributed by atoms with Gasteiger partial charge >= 0.3 is 0 Å². The first kappa shape index (κ1) is 37.4. The zero-order valence-corrected chi connectivity index (χ0v) is 38.0. The van der Waals surface area contributed by atoms with Gasteiger partial charge in [0, 0.05) is 42.3 Å². The molecule has 0 radical (unpaired) electrons. The molecule has 0 saturated heterocycles. The molecule has 15 rings (SSSR count). The summed E-state index contributed by atoms with van der Waals surface area (Å²) < 4.78 is 5.22. The van der Waals surface area contributed by atoms with Crippen molar-refractivity contribution in [3.63, 3.8) is 0 Å². The molecule has 12 aromatic rings. The third-order valence-electron chi connectivity index (χ3n) is 16.0. The van der Waals surface area contributed by atoms with Crippen molar-refractivity contribution in [2.75, 3.05) is 0 Å². The van der Waals surface area contributed by atoms with Crippen LogP contribution in [0.2, 0.25) is 0 Å². The van der Waals surface area contributed by atoms with E-state index < -0.39 is 5.41 Å². The highest BCUT2D eigenvalue weighted by Crippen LogP contribution is 2.63. The molecule has 2 aromatic heterocycles.